The Balaban J connectivity index is 2.31. The van der Waals surface area contributed by atoms with Crippen molar-refractivity contribution < 1.29 is 14.9 Å². The average Bonchev–Trinajstić information content (AvgIpc) is 2.81. The molecule has 0 spiro atoms. The van der Waals surface area contributed by atoms with Gasteiger partial charge in [-0.05, 0) is 26.7 Å². The van der Waals surface area contributed by atoms with Crippen molar-refractivity contribution >= 4 is 0 Å². The number of ether oxygens (including phenoxy) is 1. The SMILES string of the molecule is CC(O)/C=C/C12OC1(C)C(O)CCC2(C)C. The number of aliphatic hydroxyl groups excluding tert-OH is 2. The summed E-state index contributed by atoms with van der Waals surface area (Å²) < 4.78 is 5.88. The van der Waals surface area contributed by atoms with Gasteiger partial charge in [-0.15, -0.1) is 0 Å². The van der Waals surface area contributed by atoms with Crippen molar-refractivity contribution in [2.45, 2.75) is 63.9 Å². The molecule has 1 heterocycles. The van der Waals surface area contributed by atoms with Crippen molar-refractivity contribution in [1.82, 2.24) is 0 Å². The fourth-order valence-electron chi connectivity index (χ4n) is 3.09. The number of hydrogen-bond donors (Lipinski definition) is 2. The lowest BCUT2D eigenvalue weighted by Gasteiger charge is -2.38. The smallest absolute Gasteiger partial charge is 0.125 e. The number of fused-ring (bicyclic) bond motifs is 1. The summed E-state index contributed by atoms with van der Waals surface area (Å²) in [5, 5.41) is 19.4. The van der Waals surface area contributed by atoms with Crippen LogP contribution in [-0.2, 0) is 4.74 Å². The topological polar surface area (TPSA) is 53.0 Å². The van der Waals surface area contributed by atoms with E-state index in [0.717, 1.165) is 12.8 Å². The molecule has 0 aromatic rings. The maximum atomic E-state index is 10.0. The summed E-state index contributed by atoms with van der Waals surface area (Å²) in [4.78, 5) is 0. The standard InChI is InChI=1S/C13H22O3/c1-9(14)5-8-13-11(2,3)7-6-10(15)12(13,4)16-13/h5,8-10,14-15H,6-7H2,1-4H3/b8-5+. The van der Waals surface area contributed by atoms with E-state index in [1.165, 1.54) is 0 Å². The normalized spacial score (nSPS) is 47.8. The van der Waals surface area contributed by atoms with Gasteiger partial charge in [0.15, 0.2) is 0 Å². The Labute approximate surface area is 97.1 Å². The molecule has 1 saturated heterocycles. The molecule has 2 fully saturated rings. The van der Waals surface area contributed by atoms with E-state index in [9.17, 15) is 10.2 Å². The van der Waals surface area contributed by atoms with Crippen molar-refractivity contribution in [2.75, 3.05) is 0 Å². The lowest BCUT2D eigenvalue weighted by atomic mass is 9.63. The third-order valence-corrected chi connectivity index (χ3v) is 4.36. The van der Waals surface area contributed by atoms with Gasteiger partial charge in [-0.2, -0.15) is 0 Å². The molecule has 0 bridgehead atoms. The van der Waals surface area contributed by atoms with E-state index in [1.54, 1.807) is 13.0 Å². The second-order valence-electron chi connectivity index (χ2n) is 5.98. The minimum atomic E-state index is -0.474. The Hall–Kier alpha value is -0.380. The molecule has 3 nitrogen and oxygen atoms in total. The summed E-state index contributed by atoms with van der Waals surface area (Å²) in [6.45, 7) is 8.01. The minimum absolute atomic E-state index is 0.00632. The third-order valence-electron chi connectivity index (χ3n) is 4.36. The zero-order valence-corrected chi connectivity index (χ0v) is 10.5. The van der Waals surface area contributed by atoms with Crippen LogP contribution in [0.25, 0.3) is 0 Å². The quantitative estimate of drug-likeness (QED) is 0.556. The van der Waals surface area contributed by atoms with Gasteiger partial charge in [-0.25, -0.2) is 0 Å². The Bertz CT molecular complexity index is 321. The molecule has 2 aliphatic rings. The highest BCUT2D eigenvalue weighted by Crippen LogP contribution is 2.65. The summed E-state index contributed by atoms with van der Waals surface area (Å²) in [7, 11) is 0. The summed E-state index contributed by atoms with van der Waals surface area (Å²) in [5.74, 6) is 0. The molecule has 2 rings (SSSR count). The first-order chi connectivity index (χ1) is 7.25. The first-order valence-corrected chi connectivity index (χ1v) is 6.01. The maximum absolute atomic E-state index is 10.0. The van der Waals surface area contributed by atoms with Crippen LogP contribution in [0.2, 0.25) is 0 Å². The summed E-state index contributed by atoms with van der Waals surface area (Å²) >= 11 is 0. The molecular weight excluding hydrogens is 204 g/mol. The van der Waals surface area contributed by atoms with Gasteiger partial charge in [0.1, 0.15) is 11.2 Å². The number of rotatable bonds is 2. The first kappa shape index (κ1) is 12.1. The van der Waals surface area contributed by atoms with Crippen molar-refractivity contribution in [3.63, 3.8) is 0 Å². The van der Waals surface area contributed by atoms with Gasteiger partial charge in [-0.3, -0.25) is 0 Å². The lowest BCUT2D eigenvalue weighted by molar-refractivity contribution is 0.0521. The number of aliphatic hydroxyl groups is 2. The molecule has 2 N–H and O–H groups in total. The van der Waals surface area contributed by atoms with E-state index < -0.39 is 23.4 Å². The molecule has 0 aromatic carbocycles. The zero-order valence-electron chi connectivity index (χ0n) is 10.5. The van der Waals surface area contributed by atoms with Crippen LogP contribution < -0.4 is 0 Å². The van der Waals surface area contributed by atoms with Crippen LogP contribution in [0.15, 0.2) is 12.2 Å². The highest BCUT2D eigenvalue weighted by atomic mass is 16.6. The van der Waals surface area contributed by atoms with Crippen molar-refractivity contribution in [3.05, 3.63) is 12.2 Å². The monoisotopic (exact) mass is 226 g/mol. The van der Waals surface area contributed by atoms with E-state index in [0.29, 0.717) is 0 Å². The number of epoxide rings is 1. The van der Waals surface area contributed by atoms with Crippen LogP contribution in [-0.4, -0.2) is 33.6 Å². The highest BCUT2D eigenvalue weighted by molar-refractivity contribution is 5.33. The molecule has 4 unspecified atom stereocenters. The fourth-order valence-corrected chi connectivity index (χ4v) is 3.09. The van der Waals surface area contributed by atoms with Gasteiger partial charge in [-0.1, -0.05) is 26.0 Å². The second-order valence-corrected chi connectivity index (χ2v) is 5.98. The third kappa shape index (κ3) is 1.38. The van der Waals surface area contributed by atoms with Crippen LogP contribution >= 0.6 is 0 Å². The Kier molecular flexibility index (Phi) is 2.50. The Morgan fingerprint density at radius 1 is 1.38 bits per heavy atom. The second kappa shape index (κ2) is 3.31. The molecule has 1 aliphatic carbocycles. The predicted octanol–water partition coefficient (Wildman–Crippen LogP) is 1.63. The molecule has 4 atom stereocenters. The zero-order chi connectivity index (χ0) is 12.2. The van der Waals surface area contributed by atoms with E-state index in [1.807, 2.05) is 13.0 Å². The lowest BCUT2D eigenvalue weighted by Crippen LogP contribution is -2.48. The summed E-state index contributed by atoms with van der Waals surface area (Å²) in [6, 6.07) is 0. The summed E-state index contributed by atoms with van der Waals surface area (Å²) in [5.41, 5.74) is -0.874. The first-order valence-electron chi connectivity index (χ1n) is 6.01. The van der Waals surface area contributed by atoms with Gasteiger partial charge in [0.2, 0.25) is 0 Å². The molecule has 92 valence electrons. The molecule has 16 heavy (non-hydrogen) atoms. The van der Waals surface area contributed by atoms with Crippen LogP contribution in [0, 0.1) is 5.41 Å². The van der Waals surface area contributed by atoms with Gasteiger partial charge in [0.25, 0.3) is 0 Å². The molecule has 0 aromatic heterocycles. The van der Waals surface area contributed by atoms with Crippen LogP contribution in [0.1, 0.15) is 40.5 Å². The van der Waals surface area contributed by atoms with Crippen molar-refractivity contribution in [3.8, 4) is 0 Å². The van der Waals surface area contributed by atoms with E-state index >= 15 is 0 Å². The van der Waals surface area contributed by atoms with Gasteiger partial charge < -0.3 is 14.9 Å². The van der Waals surface area contributed by atoms with Crippen LogP contribution in [0.3, 0.4) is 0 Å². The Morgan fingerprint density at radius 3 is 2.56 bits per heavy atom. The maximum Gasteiger partial charge on any atom is 0.125 e. The predicted molar refractivity (Wildman–Crippen MR) is 62.1 cm³/mol. The molecule has 0 radical (unpaired) electrons. The van der Waals surface area contributed by atoms with E-state index in [2.05, 4.69) is 13.8 Å². The van der Waals surface area contributed by atoms with Crippen LogP contribution in [0.4, 0.5) is 0 Å². The minimum Gasteiger partial charge on any atom is -0.390 e. The van der Waals surface area contributed by atoms with Crippen LogP contribution in [0.5, 0.6) is 0 Å². The molecule has 3 heteroatoms. The summed E-state index contributed by atoms with van der Waals surface area (Å²) in [6.07, 6.45) is 4.55. The fraction of sp³-hybridized carbons (Fsp3) is 0.846. The molecular formula is C13H22O3. The molecule has 1 aliphatic heterocycles. The van der Waals surface area contributed by atoms with Gasteiger partial charge in [0.05, 0.1) is 12.2 Å². The average molecular weight is 226 g/mol. The highest BCUT2D eigenvalue weighted by Gasteiger charge is 2.76. The largest absolute Gasteiger partial charge is 0.390 e. The number of hydrogen-bond acceptors (Lipinski definition) is 3. The molecule has 1 saturated carbocycles. The van der Waals surface area contributed by atoms with E-state index in [4.69, 9.17) is 4.74 Å². The van der Waals surface area contributed by atoms with Gasteiger partial charge in [0, 0.05) is 5.41 Å². The Morgan fingerprint density at radius 2 is 2.00 bits per heavy atom. The van der Waals surface area contributed by atoms with Crippen molar-refractivity contribution in [2.24, 2.45) is 5.41 Å². The molecule has 0 amide bonds. The van der Waals surface area contributed by atoms with E-state index in [-0.39, 0.29) is 5.41 Å². The van der Waals surface area contributed by atoms with Crippen molar-refractivity contribution in [1.29, 1.82) is 0 Å². The van der Waals surface area contributed by atoms with Gasteiger partial charge >= 0.3 is 0 Å².